The maximum Gasteiger partial charge on any atom is 0.236 e. The molecule has 2 heterocycles. The van der Waals surface area contributed by atoms with E-state index in [1.807, 2.05) is 0 Å². The van der Waals surface area contributed by atoms with E-state index in [2.05, 4.69) is 26.2 Å². The number of hydrogen-bond donors (Lipinski definition) is 3. The van der Waals surface area contributed by atoms with Crippen LogP contribution in [0.3, 0.4) is 0 Å². The number of ether oxygens (including phenoxy) is 1. The van der Waals surface area contributed by atoms with Crippen molar-refractivity contribution < 1.29 is 18.6 Å². The first-order valence-electron chi connectivity index (χ1n) is 10.7. The number of anilines is 3. The summed E-state index contributed by atoms with van der Waals surface area (Å²) < 4.78 is 32.7. The van der Waals surface area contributed by atoms with Crippen LogP contribution in [0, 0.1) is 29.5 Å². The summed E-state index contributed by atoms with van der Waals surface area (Å²) in [6, 6.07) is 12.0. The van der Waals surface area contributed by atoms with Crippen molar-refractivity contribution >= 4 is 45.4 Å². The SMILES string of the molecule is [C-]#[N+]c1c(N)nc(SCc2csc(Nc3cc(F)ccc3F)n2)c(C#N)c1-c1ccc(OCCO)cc1. The highest BCUT2D eigenvalue weighted by molar-refractivity contribution is 7.98. The molecule has 0 spiro atoms. The van der Waals surface area contributed by atoms with Crippen LogP contribution in [0.4, 0.5) is 31.1 Å². The number of pyridine rings is 1. The molecule has 4 rings (SSSR count). The van der Waals surface area contributed by atoms with Crippen molar-refractivity contribution in [3.63, 3.8) is 0 Å². The molecule has 0 fully saturated rings. The quantitative estimate of drug-likeness (QED) is 0.179. The van der Waals surface area contributed by atoms with Gasteiger partial charge in [-0.25, -0.2) is 23.6 Å². The summed E-state index contributed by atoms with van der Waals surface area (Å²) in [5.41, 5.74) is 7.91. The molecule has 0 radical (unpaired) electrons. The van der Waals surface area contributed by atoms with Crippen LogP contribution < -0.4 is 15.8 Å². The van der Waals surface area contributed by atoms with Gasteiger partial charge in [0.25, 0.3) is 0 Å². The number of thiazole rings is 1. The lowest BCUT2D eigenvalue weighted by Gasteiger charge is -2.13. The molecule has 8 nitrogen and oxygen atoms in total. The Morgan fingerprint density at radius 3 is 2.70 bits per heavy atom. The van der Waals surface area contributed by atoms with Crippen LogP contribution in [0.1, 0.15) is 11.3 Å². The Morgan fingerprint density at radius 2 is 2.00 bits per heavy atom. The van der Waals surface area contributed by atoms with Crippen LogP contribution in [0.5, 0.6) is 5.75 Å². The second-order valence-corrected chi connectivity index (χ2v) is 9.22. The van der Waals surface area contributed by atoms with E-state index in [1.54, 1.807) is 29.6 Å². The number of nitrogens with two attached hydrogens (primary N) is 1. The summed E-state index contributed by atoms with van der Waals surface area (Å²) in [5.74, 6) is -0.339. The molecule has 186 valence electrons. The standard InChI is InChI=1S/C25H18F2N6O2S2/c1-30-22-21(14-2-5-17(6-3-14)35-9-8-34)18(11-28)24(33-23(22)29)36-12-16-13-37-25(31-16)32-20-10-15(26)4-7-19(20)27/h2-7,10,13,34H,8-9,12H2,(H2,29,33)(H,31,32). The summed E-state index contributed by atoms with van der Waals surface area (Å²) >= 11 is 2.44. The van der Waals surface area contributed by atoms with Gasteiger partial charge in [0.1, 0.15) is 40.9 Å². The Kier molecular flexibility index (Phi) is 8.15. The fourth-order valence-electron chi connectivity index (χ4n) is 3.34. The molecule has 4 aromatic rings. The number of aromatic nitrogens is 2. The van der Waals surface area contributed by atoms with Gasteiger partial charge in [0.05, 0.1) is 30.1 Å². The number of aliphatic hydroxyl groups excluding tert-OH is 1. The molecular formula is C25H18F2N6O2S2. The minimum absolute atomic E-state index is 0.00526. The van der Waals surface area contributed by atoms with E-state index in [0.29, 0.717) is 38.5 Å². The molecule has 2 aromatic heterocycles. The van der Waals surface area contributed by atoms with Crippen molar-refractivity contribution in [1.82, 2.24) is 9.97 Å². The monoisotopic (exact) mass is 536 g/mol. The molecule has 0 atom stereocenters. The predicted molar refractivity (Wildman–Crippen MR) is 139 cm³/mol. The molecule has 0 saturated heterocycles. The second-order valence-electron chi connectivity index (χ2n) is 7.40. The molecule has 2 aromatic carbocycles. The number of benzene rings is 2. The van der Waals surface area contributed by atoms with Crippen LogP contribution >= 0.6 is 23.1 Å². The van der Waals surface area contributed by atoms with E-state index in [1.165, 1.54) is 23.1 Å². The molecule has 0 bridgehead atoms. The highest BCUT2D eigenvalue weighted by atomic mass is 32.2. The summed E-state index contributed by atoms with van der Waals surface area (Å²) in [7, 11) is 0. The molecule has 12 heteroatoms. The van der Waals surface area contributed by atoms with E-state index < -0.39 is 11.6 Å². The van der Waals surface area contributed by atoms with Crippen molar-refractivity contribution in [2.45, 2.75) is 10.8 Å². The highest BCUT2D eigenvalue weighted by Crippen LogP contribution is 2.42. The molecule has 0 unspecified atom stereocenters. The number of nitrogens with one attached hydrogen (secondary N) is 1. The van der Waals surface area contributed by atoms with Gasteiger partial charge in [-0.1, -0.05) is 23.9 Å². The third-order valence-electron chi connectivity index (χ3n) is 4.97. The van der Waals surface area contributed by atoms with Gasteiger partial charge >= 0.3 is 0 Å². The predicted octanol–water partition coefficient (Wildman–Crippen LogP) is 5.89. The van der Waals surface area contributed by atoms with E-state index >= 15 is 0 Å². The van der Waals surface area contributed by atoms with Gasteiger partial charge in [-0.05, 0) is 29.8 Å². The largest absolute Gasteiger partial charge is 0.491 e. The zero-order valence-electron chi connectivity index (χ0n) is 19.0. The van der Waals surface area contributed by atoms with E-state index in [4.69, 9.17) is 22.1 Å². The number of aliphatic hydroxyl groups is 1. The van der Waals surface area contributed by atoms with Gasteiger partial charge in [-0.3, -0.25) is 0 Å². The fourth-order valence-corrected chi connectivity index (χ4v) is 5.05. The lowest BCUT2D eigenvalue weighted by Crippen LogP contribution is -2.02. The lowest BCUT2D eigenvalue weighted by molar-refractivity contribution is 0.201. The van der Waals surface area contributed by atoms with Crippen molar-refractivity contribution in [3.8, 4) is 22.9 Å². The first-order chi connectivity index (χ1) is 17.9. The smallest absolute Gasteiger partial charge is 0.236 e. The number of nitrogen functional groups attached to an aromatic ring is 1. The van der Waals surface area contributed by atoms with Crippen LogP contribution in [-0.2, 0) is 5.75 Å². The van der Waals surface area contributed by atoms with Crippen molar-refractivity contribution in [2.75, 3.05) is 24.3 Å². The molecule has 0 aliphatic heterocycles. The van der Waals surface area contributed by atoms with Crippen molar-refractivity contribution in [2.24, 2.45) is 0 Å². The number of thioether (sulfide) groups is 1. The number of rotatable bonds is 9. The molecule has 0 saturated carbocycles. The summed E-state index contributed by atoms with van der Waals surface area (Å²) in [5, 5.41) is 24.1. The maximum absolute atomic E-state index is 13.9. The van der Waals surface area contributed by atoms with Gasteiger partial charge in [0.15, 0.2) is 5.13 Å². The Labute approximate surface area is 219 Å². The summed E-state index contributed by atoms with van der Waals surface area (Å²) in [4.78, 5) is 12.2. The Hall–Kier alpha value is -4.23. The zero-order chi connectivity index (χ0) is 26.4. The van der Waals surface area contributed by atoms with Gasteiger partial charge < -0.3 is 20.9 Å². The Morgan fingerprint density at radius 1 is 1.22 bits per heavy atom. The molecule has 4 N–H and O–H groups in total. The Bertz CT molecular complexity index is 1510. The molecule has 0 amide bonds. The molecule has 0 aliphatic rings. The normalized spacial score (nSPS) is 10.5. The fraction of sp³-hybridized carbons (Fsp3) is 0.120. The highest BCUT2D eigenvalue weighted by Gasteiger charge is 2.21. The minimum atomic E-state index is -0.605. The summed E-state index contributed by atoms with van der Waals surface area (Å²) in [6.07, 6.45) is 0. The van der Waals surface area contributed by atoms with E-state index in [-0.39, 0.29) is 36.0 Å². The van der Waals surface area contributed by atoms with Crippen molar-refractivity contribution in [1.29, 1.82) is 5.26 Å². The van der Waals surface area contributed by atoms with E-state index in [9.17, 15) is 14.0 Å². The van der Waals surface area contributed by atoms with Gasteiger partial charge in [0, 0.05) is 22.8 Å². The molecule has 37 heavy (non-hydrogen) atoms. The molecular weight excluding hydrogens is 518 g/mol. The first-order valence-corrected chi connectivity index (χ1v) is 12.5. The zero-order valence-corrected chi connectivity index (χ0v) is 20.7. The third kappa shape index (κ3) is 5.95. The second kappa shape index (κ2) is 11.7. The number of halogens is 2. The lowest BCUT2D eigenvalue weighted by atomic mass is 10.00. The first kappa shape index (κ1) is 25.9. The van der Waals surface area contributed by atoms with Gasteiger partial charge in [-0.2, -0.15) is 5.26 Å². The van der Waals surface area contributed by atoms with Gasteiger partial charge in [-0.15, -0.1) is 11.3 Å². The maximum atomic E-state index is 13.9. The van der Waals surface area contributed by atoms with Crippen molar-refractivity contribution in [3.05, 3.63) is 82.2 Å². The Balaban J connectivity index is 1.58. The minimum Gasteiger partial charge on any atom is -0.491 e. The molecule has 0 aliphatic carbocycles. The van der Waals surface area contributed by atoms with Crippen LogP contribution in [0.25, 0.3) is 16.0 Å². The number of hydrogen-bond acceptors (Lipinski definition) is 9. The third-order valence-corrected chi connectivity index (χ3v) is 6.79. The topological polar surface area (TPSA) is 121 Å². The van der Waals surface area contributed by atoms with Crippen LogP contribution in [-0.4, -0.2) is 28.3 Å². The van der Waals surface area contributed by atoms with Gasteiger partial charge in [0.2, 0.25) is 5.69 Å². The average molecular weight is 537 g/mol. The number of nitriles is 1. The summed E-state index contributed by atoms with van der Waals surface area (Å²) in [6.45, 7) is 7.60. The average Bonchev–Trinajstić information content (AvgIpc) is 3.35. The van der Waals surface area contributed by atoms with E-state index in [0.717, 1.165) is 18.2 Å². The van der Waals surface area contributed by atoms with Crippen LogP contribution in [0.15, 0.2) is 52.9 Å². The van der Waals surface area contributed by atoms with Crippen LogP contribution in [0.2, 0.25) is 0 Å². The number of nitrogens with zero attached hydrogens (tertiary/aromatic N) is 4.